The van der Waals surface area contributed by atoms with Gasteiger partial charge in [0.2, 0.25) is 5.91 Å². The number of amides is 1. The van der Waals surface area contributed by atoms with Crippen LogP contribution >= 0.6 is 0 Å². The summed E-state index contributed by atoms with van der Waals surface area (Å²) in [6.45, 7) is 3.62. The van der Waals surface area contributed by atoms with Gasteiger partial charge < -0.3 is 14.8 Å². The van der Waals surface area contributed by atoms with Crippen LogP contribution in [-0.4, -0.2) is 33.7 Å². The van der Waals surface area contributed by atoms with E-state index < -0.39 is 38.6 Å². The van der Waals surface area contributed by atoms with Crippen LogP contribution in [0.25, 0.3) is 0 Å². The van der Waals surface area contributed by atoms with E-state index in [4.69, 9.17) is 0 Å². The maximum atomic E-state index is 13.2. The Morgan fingerprint density at radius 2 is 2.19 bits per heavy atom. The number of sulfonamides is 1. The number of hydrogen-bond acceptors (Lipinski definition) is 6. The van der Waals surface area contributed by atoms with Crippen LogP contribution < -0.4 is 19.5 Å². The SMILES string of the molecule is CC(CC(=O)NS(=O)(=O)c1cccc2c1OC(F)(F)O2)C1CCCNC1. The number of nitrogens with one attached hydrogen (secondary N) is 2. The molecule has 2 aliphatic rings. The lowest BCUT2D eigenvalue weighted by molar-refractivity contribution is -0.287. The molecule has 2 heterocycles. The van der Waals surface area contributed by atoms with Gasteiger partial charge >= 0.3 is 6.29 Å². The molecule has 0 bridgehead atoms. The molecule has 1 aromatic rings. The first-order valence-corrected chi connectivity index (χ1v) is 9.81. The summed E-state index contributed by atoms with van der Waals surface area (Å²) < 4.78 is 61.8. The second kappa shape index (κ2) is 6.99. The normalized spacial score (nSPS) is 22.7. The summed E-state index contributed by atoms with van der Waals surface area (Å²) in [6, 6.07) is 3.47. The number of rotatable bonds is 5. The van der Waals surface area contributed by atoms with E-state index in [2.05, 4.69) is 14.8 Å². The van der Waals surface area contributed by atoms with Gasteiger partial charge in [-0.1, -0.05) is 13.0 Å². The van der Waals surface area contributed by atoms with E-state index in [1.807, 2.05) is 11.6 Å². The van der Waals surface area contributed by atoms with E-state index in [1.54, 1.807) is 0 Å². The fourth-order valence-electron chi connectivity index (χ4n) is 3.23. The van der Waals surface area contributed by atoms with Crippen molar-refractivity contribution in [1.29, 1.82) is 0 Å². The van der Waals surface area contributed by atoms with Crippen molar-refractivity contribution in [1.82, 2.24) is 10.0 Å². The van der Waals surface area contributed by atoms with E-state index in [0.717, 1.165) is 38.1 Å². The van der Waals surface area contributed by atoms with Crippen LogP contribution in [0.5, 0.6) is 11.5 Å². The minimum absolute atomic E-state index is 0.0107. The molecule has 2 aliphatic heterocycles. The Kier molecular flexibility index (Phi) is 5.07. The van der Waals surface area contributed by atoms with Gasteiger partial charge in [0, 0.05) is 6.42 Å². The maximum absolute atomic E-state index is 13.2. The summed E-state index contributed by atoms with van der Waals surface area (Å²) in [6.07, 6.45) is -1.94. The maximum Gasteiger partial charge on any atom is 0.586 e. The largest absolute Gasteiger partial charge is 0.586 e. The Hall–Kier alpha value is -1.94. The number of para-hydroxylation sites is 1. The molecule has 0 spiro atoms. The smallest absolute Gasteiger partial charge is 0.395 e. The number of carbonyl (C=O) groups is 1. The molecule has 1 amide bonds. The van der Waals surface area contributed by atoms with Crippen LogP contribution in [0.15, 0.2) is 23.1 Å². The van der Waals surface area contributed by atoms with E-state index in [0.29, 0.717) is 0 Å². The highest BCUT2D eigenvalue weighted by molar-refractivity contribution is 7.90. The number of piperidine rings is 1. The molecule has 1 fully saturated rings. The van der Waals surface area contributed by atoms with Crippen molar-refractivity contribution in [2.24, 2.45) is 11.8 Å². The van der Waals surface area contributed by atoms with E-state index in [-0.39, 0.29) is 18.3 Å². The first-order chi connectivity index (χ1) is 12.2. The third kappa shape index (κ3) is 4.07. The Morgan fingerprint density at radius 3 is 2.88 bits per heavy atom. The van der Waals surface area contributed by atoms with Gasteiger partial charge in [0.05, 0.1) is 0 Å². The lowest BCUT2D eigenvalue weighted by Gasteiger charge is -2.27. The number of ether oxygens (including phenoxy) is 2. The lowest BCUT2D eigenvalue weighted by Crippen LogP contribution is -2.37. The van der Waals surface area contributed by atoms with Crippen LogP contribution in [0.4, 0.5) is 8.78 Å². The zero-order chi connectivity index (χ0) is 18.9. The fraction of sp³-hybridized carbons (Fsp3) is 0.562. The van der Waals surface area contributed by atoms with E-state index in [1.165, 1.54) is 6.07 Å². The molecular formula is C16H20F2N2O5S. The van der Waals surface area contributed by atoms with Crippen molar-refractivity contribution in [3.05, 3.63) is 18.2 Å². The molecule has 0 aromatic heterocycles. The van der Waals surface area contributed by atoms with Gasteiger partial charge in [-0.15, -0.1) is 8.78 Å². The topological polar surface area (TPSA) is 93.7 Å². The molecule has 144 valence electrons. The third-order valence-corrected chi connectivity index (χ3v) is 5.97. The number of alkyl halides is 2. The minimum Gasteiger partial charge on any atom is -0.395 e. The number of carbonyl (C=O) groups excluding carboxylic acids is 1. The predicted octanol–water partition coefficient (Wildman–Crippen LogP) is 1.84. The lowest BCUT2D eigenvalue weighted by atomic mass is 9.85. The molecular weight excluding hydrogens is 370 g/mol. The molecule has 1 saturated heterocycles. The standard InChI is InChI=1S/C16H20F2N2O5S/c1-10(11-4-3-7-19-9-11)8-14(21)20-26(22,23)13-6-2-5-12-15(13)25-16(17,18)24-12/h2,5-6,10-11,19H,3-4,7-9H2,1H3,(H,20,21). The second-order valence-electron chi connectivity index (χ2n) is 6.57. The average molecular weight is 390 g/mol. The molecule has 10 heteroatoms. The Labute approximate surface area is 150 Å². The van der Waals surface area contributed by atoms with Crippen LogP contribution in [-0.2, 0) is 14.8 Å². The summed E-state index contributed by atoms with van der Waals surface area (Å²) in [5.74, 6) is -1.42. The predicted molar refractivity (Wildman–Crippen MR) is 87.3 cm³/mol. The molecule has 0 radical (unpaired) electrons. The van der Waals surface area contributed by atoms with Gasteiger partial charge in [0.1, 0.15) is 4.90 Å². The van der Waals surface area contributed by atoms with Crippen molar-refractivity contribution in [3.63, 3.8) is 0 Å². The van der Waals surface area contributed by atoms with Crippen molar-refractivity contribution in [2.45, 2.75) is 37.4 Å². The molecule has 26 heavy (non-hydrogen) atoms. The minimum atomic E-state index is -4.36. The average Bonchev–Trinajstić information content (AvgIpc) is 2.88. The summed E-state index contributed by atoms with van der Waals surface area (Å²) >= 11 is 0. The quantitative estimate of drug-likeness (QED) is 0.797. The monoisotopic (exact) mass is 390 g/mol. The van der Waals surface area contributed by atoms with Gasteiger partial charge in [0.15, 0.2) is 11.5 Å². The number of benzene rings is 1. The molecule has 1 aromatic carbocycles. The molecule has 0 aliphatic carbocycles. The van der Waals surface area contributed by atoms with Crippen LogP contribution in [0.1, 0.15) is 26.2 Å². The summed E-state index contributed by atoms with van der Waals surface area (Å²) in [4.78, 5) is 11.6. The van der Waals surface area contributed by atoms with Gasteiger partial charge in [-0.2, -0.15) is 0 Å². The Bertz CT molecular complexity index is 794. The van der Waals surface area contributed by atoms with Crippen LogP contribution in [0.2, 0.25) is 0 Å². The number of fused-ring (bicyclic) bond motifs is 1. The van der Waals surface area contributed by atoms with Gasteiger partial charge in [-0.3, -0.25) is 4.79 Å². The second-order valence-corrected chi connectivity index (χ2v) is 8.22. The highest BCUT2D eigenvalue weighted by atomic mass is 32.2. The zero-order valence-electron chi connectivity index (χ0n) is 14.1. The van der Waals surface area contributed by atoms with Crippen molar-refractivity contribution in [2.75, 3.05) is 13.1 Å². The Morgan fingerprint density at radius 1 is 1.42 bits per heavy atom. The third-order valence-electron chi connectivity index (χ3n) is 4.58. The number of halogens is 2. The number of hydrogen-bond donors (Lipinski definition) is 2. The highest BCUT2D eigenvalue weighted by Gasteiger charge is 2.46. The van der Waals surface area contributed by atoms with Gasteiger partial charge in [0.25, 0.3) is 10.0 Å². The Balaban J connectivity index is 1.70. The van der Waals surface area contributed by atoms with Gasteiger partial charge in [-0.05, 0) is 49.9 Å². The summed E-state index contributed by atoms with van der Waals surface area (Å²) in [7, 11) is -4.36. The van der Waals surface area contributed by atoms with Gasteiger partial charge in [-0.25, -0.2) is 13.1 Å². The molecule has 3 rings (SSSR count). The van der Waals surface area contributed by atoms with E-state index in [9.17, 15) is 22.0 Å². The van der Waals surface area contributed by atoms with Crippen molar-refractivity contribution in [3.8, 4) is 11.5 Å². The summed E-state index contributed by atoms with van der Waals surface area (Å²) in [5.41, 5.74) is 0. The first kappa shape index (κ1) is 18.8. The zero-order valence-corrected chi connectivity index (χ0v) is 14.9. The molecule has 2 unspecified atom stereocenters. The first-order valence-electron chi connectivity index (χ1n) is 8.33. The van der Waals surface area contributed by atoms with Crippen molar-refractivity contribution >= 4 is 15.9 Å². The van der Waals surface area contributed by atoms with Crippen molar-refractivity contribution < 1.29 is 31.5 Å². The van der Waals surface area contributed by atoms with Crippen LogP contribution in [0.3, 0.4) is 0 Å². The molecule has 2 N–H and O–H groups in total. The highest BCUT2D eigenvalue weighted by Crippen LogP contribution is 2.44. The molecule has 0 saturated carbocycles. The molecule has 7 nitrogen and oxygen atoms in total. The fourth-order valence-corrected chi connectivity index (χ4v) is 4.36. The summed E-state index contributed by atoms with van der Waals surface area (Å²) in [5, 5.41) is 3.25. The van der Waals surface area contributed by atoms with E-state index >= 15 is 0 Å². The molecule has 2 atom stereocenters. The van der Waals surface area contributed by atoms with Crippen LogP contribution in [0, 0.1) is 11.8 Å².